The minimum absolute atomic E-state index is 0.125. The van der Waals surface area contributed by atoms with E-state index in [2.05, 4.69) is 53.3 Å². The molecule has 0 spiro atoms. The Hall–Kier alpha value is -3.60. The van der Waals surface area contributed by atoms with Crippen LogP contribution in [0.4, 0.5) is 5.69 Å². The van der Waals surface area contributed by atoms with Gasteiger partial charge in [0.05, 0.1) is 25.4 Å². The third kappa shape index (κ3) is 9.76. The summed E-state index contributed by atoms with van der Waals surface area (Å²) in [6.45, 7) is 9.06. The normalized spacial score (nSPS) is 9.68. The molecule has 4 aromatic rings. The number of anilines is 1. The van der Waals surface area contributed by atoms with E-state index in [4.69, 9.17) is 27.9 Å². The fourth-order valence-corrected chi connectivity index (χ4v) is 3.57. The van der Waals surface area contributed by atoms with Crippen molar-refractivity contribution in [1.82, 2.24) is 4.98 Å². The number of pyridine rings is 1. The van der Waals surface area contributed by atoms with Gasteiger partial charge in [-0.15, -0.1) is 0 Å². The average molecular weight is 536 g/mol. The van der Waals surface area contributed by atoms with Gasteiger partial charge in [0, 0.05) is 21.7 Å². The van der Waals surface area contributed by atoms with E-state index in [1.165, 1.54) is 5.56 Å². The van der Waals surface area contributed by atoms with Crippen LogP contribution in [-0.2, 0) is 11.2 Å². The van der Waals surface area contributed by atoms with Crippen LogP contribution in [0.15, 0.2) is 103 Å². The van der Waals surface area contributed by atoms with Crippen LogP contribution in [0.3, 0.4) is 0 Å². The van der Waals surface area contributed by atoms with Crippen molar-refractivity contribution in [3.63, 3.8) is 0 Å². The van der Waals surface area contributed by atoms with Crippen LogP contribution >= 0.6 is 23.2 Å². The SMILES string of the molecule is C=C(C)Cl.CC.COc1ccc(NC(=O)Cc2ccc(Cl)c(-c3ccc(-c4ccccc4)cc3)c2)cn1. The van der Waals surface area contributed by atoms with Gasteiger partial charge in [-0.05, 0) is 47.4 Å². The molecule has 0 fully saturated rings. The molecule has 4 rings (SSSR count). The summed E-state index contributed by atoms with van der Waals surface area (Å²) in [4.78, 5) is 16.6. The Kier molecular flexibility index (Phi) is 12.4. The summed E-state index contributed by atoms with van der Waals surface area (Å²) in [7, 11) is 1.55. The van der Waals surface area contributed by atoms with Crippen molar-refractivity contribution in [3.8, 4) is 28.1 Å². The molecule has 0 aliphatic rings. The second kappa shape index (κ2) is 15.5. The molecule has 1 aromatic heterocycles. The van der Waals surface area contributed by atoms with Crippen molar-refractivity contribution in [1.29, 1.82) is 0 Å². The van der Waals surface area contributed by atoms with E-state index in [1.54, 1.807) is 32.4 Å². The standard InChI is InChI=1S/C26H21ClN2O2.C3H5Cl.C2H6/c1-31-26-14-12-22(17-28-26)29-25(30)16-18-7-13-24(27)23(15-18)21-10-8-20(9-11-21)19-5-3-2-4-6-19;1-3(2)4;1-2/h2-15,17H,16H2,1H3,(H,29,30);1H2,2H3;1-2H3. The zero-order valence-corrected chi connectivity index (χ0v) is 23.1. The van der Waals surface area contributed by atoms with E-state index >= 15 is 0 Å². The number of ether oxygens (including phenoxy) is 1. The molecule has 0 radical (unpaired) electrons. The van der Waals surface area contributed by atoms with Gasteiger partial charge < -0.3 is 10.1 Å². The maximum atomic E-state index is 12.5. The Labute approximate surface area is 229 Å². The predicted molar refractivity (Wildman–Crippen MR) is 157 cm³/mol. The fourth-order valence-electron chi connectivity index (χ4n) is 3.34. The highest BCUT2D eigenvalue weighted by Gasteiger charge is 2.10. The second-order valence-electron chi connectivity index (χ2n) is 7.75. The lowest BCUT2D eigenvalue weighted by Crippen LogP contribution is -2.14. The number of halogens is 2. The lowest BCUT2D eigenvalue weighted by atomic mass is 9.98. The molecule has 3 aromatic carbocycles. The molecule has 37 heavy (non-hydrogen) atoms. The largest absolute Gasteiger partial charge is 0.481 e. The van der Waals surface area contributed by atoms with E-state index in [-0.39, 0.29) is 12.3 Å². The lowest BCUT2D eigenvalue weighted by Gasteiger charge is -2.10. The van der Waals surface area contributed by atoms with Crippen LogP contribution in [0, 0.1) is 0 Å². The average Bonchev–Trinajstić information content (AvgIpc) is 2.92. The van der Waals surface area contributed by atoms with Crippen LogP contribution in [0.5, 0.6) is 5.88 Å². The Balaban J connectivity index is 0.000000733. The number of hydrogen-bond acceptors (Lipinski definition) is 3. The maximum Gasteiger partial charge on any atom is 0.228 e. The van der Waals surface area contributed by atoms with Crippen LogP contribution in [-0.4, -0.2) is 18.0 Å². The highest BCUT2D eigenvalue weighted by atomic mass is 35.5. The molecular formula is C31H32Cl2N2O2. The first-order valence-electron chi connectivity index (χ1n) is 11.9. The van der Waals surface area contributed by atoms with Crippen LogP contribution in [0.25, 0.3) is 22.3 Å². The Morgan fingerprint density at radius 3 is 2.08 bits per heavy atom. The Bertz CT molecular complexity index is 1270. The number of nitrogens with zero attached hydrogens (tertiary/aromatic N) is 1. The molecule has 0 saturated carbocycles. The minimum Gasteiger partial charge on any atom is -0.481 e. The highest BCUT2D eigenvalue weighted by Crippen LogP contribution is 2.31. The summed E-state index contributed by atoms with van der Waals surface area (Å²) in [5.41, 5.74) is 5.72. The van der Waals surface area contributed by atoms with Crippen molar-refractivity contribution in [3.05, 3.63) is 113 Å². The summed E-state index contributed by atoms with van der Waals surface area (Å²) in [5, 5.41) is 4.14. The number of carbonyl (C=O) groups excluding carboxylic acids is 1. The van der Waals surface area contributed by atoms with Gasteiger partial charge in [-0.2, -0.15) is 0 Å². The van der Waals surface area contributed by atoms with Crippen molar-refractivity contribution < 1.29 is 9.53 Å². The topological polar surface area (TPSA) is 51.2 Å². The number of allylic oxidation sites excluding steroid dienone is 1. The molecule has 0 atom stereocenters. The van der Waals surface area contributed by atoms with Crippen LogP contribution in [0.2, 0.25) is 5.02 Å². The monoisotopic (exact) mass is 534 g/mol. The number of hydrogen-bond donors (Lipinski definition) is 1. The molecule has 1 heterocycles. The van der Waals surface area contributed by atoms with E-state index < -0.39 is 0 Å². The molecule has 0 saturated heterocycles. The van der Waals surface area contributed by atoms with E-state index in [0.717, 1.165) is 22.3 Å². The second-order valence-corrected chi connectivity index (χ2v) is 8.80. The van der Waals surface area contributed by atoms with E-state index in [0.29, 0.717) is 21.6 Å². The molecule has 1 N–H and O–H groups in total. The fraction of sp³-hybridized carbons (Fsp3) is 0.161. The van der Waals surface area contributed by atoms with Crippen molar-refractivity contribution in [2.45, 2.75) is 27.2 Å². The molecule has 4 nitrogen and oxygen atoms in total. The maximum absolute atomic E-state index is 12.5. The van der Waals surface area contributed by atoms with Gasteiger partial charge in [0.1, 0.15) is 0 Å². The molecule has 0 aliphatic heterocycles. The van der Waals surface area contributed by atoms with E-state index in [1.807, 2.05) is 50.2 Å². The quantitative estimate of drug-likeness (QED) is 0.268. The molecule has 6 heteroatoms. The zero-order valence-electron chi connectivity index (χ0n) is 21.6. The number of aromatic nitrogens is 1. The highest BCUT2D eigenvalue weighted by molar-refractivity contribution is 6.33. The Morgan fingerprint density at radius 2 is 1.51 bits per heavy atom. The first-order valence-corrected chi connectivity index (χ1v) is 12.7. The number of rotatable bonds is 6. The van der Waals surface area contributed by atoms with E-state index in [9.17, 15) is 4.79 Å². The van der Waals surface area contributed by atoms with Crippen LogP contribution < -0.4 is 10.1 Å². The van der Waals surface area contributed by atoms with Gasteiger partial charge in [0.2, 0.25) is 11.8 Å². The summed E-state index contributed by atoms with van der Waals surface area (Å²) >= 11 is 11.5. The molecule has 0 bridgehead atoms. The summed E-state index contributed by atoms with van der Waals surface area (Å²) < 4.78 is 5.03. The molecule has 1 amide bonds. The number of carbonyl (C=O) groups is 1. The first-order chi connectivity index (χ1) is 17.9. The van der Waals surface area contributed by atoms with Gasteiger partial charge in [0.25, 0.3) is 0 Å². The van der Waals surface area contributed by atoms with Gasteiger partial charge >= 0.3 is 0 Å². The number of nitrogens with one attached hydrogen (secondary N) is 1. The third-order valence-electron chi connectivity index (χ3n) is 4.93. The van der Waals surface area contributed by atoms with Gasteiger partial charge in [0.15, 0.2) is 0 Å². The van der Waals surface area contributed by atoms with Crippen molar-refractivity contribution >= 4 is 34.8 Å². The molecule has 0 unspecified atom stereocenters. The van der Waals surface area contributed by atoms with Gasteiger partial charge in [-0.3, -0.25) is 4.79 Å². The van der Waals surface area contributed by atoms with Crippen molar-refractivity contribution in [2.75, 3.05) is 12.4 Å². The molecular weight excluding hydrogens is 503 g/mol. The number of amides is 1. The first kappa shape index (κ1) is 29.6. The molecule has 192 valence electrons. The lowest BCUT2D eigenvalue weighted by molar-refractivity contribution is -0.115. The van der Waals surface area contributed by atoms with Crippen LogP contribution in [0.1, 0.15) is 26.3 Å². The van der Waals surface area contributed by atoms with Gasteiger partial charge in [-0.1, -0.05) is 104 Å². The minimum atomic E-state index is -0.125. The van der Waals surface area contributed by atoms with Crippen molar-refractivity contribution in [2.24, 2.45) is 0 Å². The number of methoxy groups -OCH3 is 1. The number of benzene rings is 3. The summed E-state index contributed by atoms with van der Waals surface area (Å²) in [5.74, 6) is 0.373. The predicted octanol–water partition coefficient (Wildman–Crippen LogP) is 9.04. The Morgan fingerprint density at radius 1 is 0.919 bits per heavy atom. The third-order valence-corrected chi connectivity index (χ3v) is 5.26. The summed E-state index contributed by atoms with van der Waals surface area (Å²) in [6.07, 6.45) is 1.80. The smallest absolute Gasteiger partial charge is 0.228 e. The van der Waals surface area contributed by atoms with Gasteiger partial charge in [-0.25, -0.2) is 4.98 Å². The zero-order chi connectivity index (χ0) is 27.2. The molecule has 0 aliphatic carbocycles. The summed E-state index contributed by atoms with van der Waals surface area (Å²) in [6, 6.07) is 27.6.